The first-order chi connectivity index (χ1) is 43.8. The Labute approximate surface area is 516 Å². The molecule has 0 unspecified atom stereocenters. The van der Waals surface area contributed by atoms with Crippen LogP contribution in [0.4, 0.5) is 13.2 Å². The maximum atomic E-state index is 15.2. The van der Waals surface area contributed by atoms with E-state index < -0.39 is 11.7 Å². The highest BCUT2D eigenvalue weighted by Crippen LogP contribution is 2.47. The third-order valence-corrected chi connectivity index (χ3v) is 17.8. The van der Waals surface area contributed by atoms with E-state index in [0.717, 1.165) is 105 Å². The average molecular weight is 1170 g/mol. The maximum absolute atomic E-state index is 15.2. The number of alkyl halides is 3. The molecule has 0 spiro atoms. The number of nitriles is 3. The summed E-state index contributed by atoms with van der Waals surface area (Å²) in [5.41, 5.74) is 17.7. The van der Waals surface area contributed by atoms with E-state index in [1.54, 1.807) is 30.3 Å². The van der Waals surface area contributed by atoms with Crippen molar-refractivity contribution in [3.63, 3.8) is 0 Å². The molecule has 16 rings (SSSR count). The molecule has 0 amide bonds. The van der Waals surface area contributed by atoms with Gasteiger partial charge in [-0.2, -0.15) is 29.0 Å². The fraction of sp³-hybridized carbons (Fsp3) is 0.0625. The minimum atomic E-state index is -4.67. The molecule has 428 valence electrons. The highest BCUT2D eigenvalue weighted by atomic mass is 19.4. The van der Waals surface area contributed by atoms with Gasteiger partial charge in [0.1, 0.15) is 0 Å². The summed E-state index contributed by atoms with van der Waals surface area (Å²) in [4.78, 5) is 0. The van der Waals surface area contributed by atoms with Gasteiger partial charge in [-0.15, -0.1) is 0 Å². The van der Waals surface area contributed by atoms with Crippen molar-refractivity contribution in [2.45, 2.75) is 33.9 Å². The third kappa shape index (κ3) is 8.55. The number of fused-ring (bicyclic) bond motifs is 12. The van der Waals surface area contributed by atoms with Crippen LogP contribution in [-0.2, 0) is 6.18 Å². The van der Waals surface area contributed by atoms with Crippen molar-refractivity contribution in [1.29, 1.82) is 15.8 Å². The molecule has 10 heteroatoms. The smallest absolute Gasteiger partial charge is 0.307 e. The fourth-order valence-electron chi connectivity index (χ4n) is 13.9. The van der Waals surface area contributed by atoms with Crippen LogP contribution in [-0.4, -0.2) is 18.3 Å². The number of para-hydroxylation sites is 8. The second kappa shape index (κ2) is 21.2. The molecular weight excluding hydrogens is 1120 g/mol. The molecule has 0 bridgehead atoms. The van der Waals surface area contributed by atoms with Gasteiger partial charge in [-0.1, -0.05) is 170 Å². The lowest BCUT2D eigenvalue weighted by atomic mass is 9.95. The molecule has 7 nitrogen and oxygen atoms in total. The number of hydrogen-bond donors (Lipinski definition) is 0. The van der Waals surface area contributed by atoms with Crippen molar-refractivity contribution < 1.29 is 13.2 Å². The standard InChI is InChI=1S/C40H26F3N3.C40H26N4/c1-24-10-7-16-30-28-14-3-5-18-34(28)45(38(24)30)36-21-32(27-13-9-12-26(20-27)23-44)33(40(41,42)43)22-37(36)46-35-19-6-4-15-29(35)31-17-8-11-25(2)39(31)46;1-25-10-7-16-32-30-14-3-5-18-35(30)43(39(25)32)37-21-29(24-42)34(28-13-9-12-27(20-28)23-41)22-38(37)44-36-19-6-4-15-31(36)33-17-8-11-26(2)40(33)44/h3-22H,1-2H3;3-22H,1-2H3. The fourth-order valence-corrected chi connectivity index (χ4v) is 13.9. The zero-order valence-corrected chi connectivity index (χ0v) is 49.4. The maximum Gasteiger partial charge on any atom is 0.417 e. The van der Waals surface area contributed by atoms with Gasteiger partial charge in [0.05, 0.1) is 107 Å². The number of benzene rings is 12. The molecule has 0 aliphatic rings. The summed E-state index contributed by atoms with van der Waals surface area (Å²) in [6.07, 6.45) is -4.67. The van der Waals surface area contributed by atoms with Crippen molar-refractivity contribution in [3.8, 4) is 63.2 Å². The highest BCUT2D eigenvalue weighted by Gasteiger charge is 2.36. The minimum Gasteiger partial charge on any atom is -0.307 e. The lowest BCUT2D eigenvalue weighted by Crippen LogP contribution is -2.12. The molecule has 0 fully saturated rings. The second-order valence-corrected chi connectivity index (χ2v) is 23.1. The van der Waals surface area contributed by atoms with E-state index in [0.29, 0.717) is 33.6 Å². The average Bonchev–Trinajstić information content (AvgIpc) is 1.51. The SMILES string of the molecule is Cc1cccc2c3ccccc3n(-c3cc(-c4cccc(C#N)c4)c(C(F)(F)F)cc3-n3c4ccccc4c4cccc(C)c43)c12.Cc1cccc2c3ccccc3n(-c3cc(C#N)c(-c4cccc(C#N)c4)cc3-n3c4ccccc4c4cccc(C)c43)c12. The first kappa shape index (κ1) is 54.7. The van der Waals surface area contributed by atoms with Crippen LogP contribution in [0.15, 0.2) is 243 Å². The van der Waals surface area contributed by atoms with Gasteiger partial charge in [-0.25, -0.2) is 0 Å². The number of halogens is 3. The quantitative estimate of drug-likeness (QED) is 0.166. The van der Waals surface area contributed by atoms with Crippen molar-refractivity contribution in [3.05, 3.63) is 287 Å². The molecule has 0 aliphatic carbocycles. The summed E-state index contributed by atoms with van der Waals surface area (Å²) in [5.74, 6) is 0. The van der Waals surface area contributed by atoms with Gasteiger partial charge in [0.15, 0.2) is 0 Å². The van der Waals surface area contributed by atoms with Gasteiger partial charge in [0.2, 0.25) is 0 Å². The Kier molecular flexibility index (Phi) is 12.9. The van der Waals surface area contributed by atoms with Crippen molar-refractivity contribution in [2.24, 2.45) is 0 Å². The molecule has 0 saturated heterocycles. The van der Waals surface area contributed by atoms with E-state index in [4.69, 9.17) is 0 Å². The Morgan fingerprint density at radius 1 is 0.300 bits per heavy atom. The van der Waals surface area contributed by atoms with Crippen LogP contribution in [0.2, 0.25) is 0 Å². The third-order valence-electron chi connectivity index (χ3n) is 17.8. The zero-order chi connectivity index (χ0) is 61.7. The topological polar surface area (TPSA) is 91.1 Å². The van der Waals surface area contributed by atoms with Gasteiger partial charge in [-0.3, -0.25) is 0 Å². The normalized spacial score (nSPS) is 11.7. The van der Waals surface area contributed by atoms with E-state index >= 15 is 13.2 Å². The number of aromatic nitrogens is 4. The Morgan fingerprint density at radius 3 is 0.944 bits per heavy atom. The van der Waals surface area contributed by atoms with Crippen molar-refractivity contribution in [2.75, 3.05) is 0 Å². The minimum absolute atomic E-state index is 0.0142. The molecule has 0 saturated carbocycles. The van der Waals surface area contributed by atoms with E-state index in [1.165, 1.54) is 39.2 Å². The van der Waals surface area contributed by atoms with E-state index in [9.17, 15) is 15.8 Å². The number of nitrogens with zero attached hydrogens (tertiary/aromatic N) is 7. The summed E-state index contributed by atoms with van der Waals surface area (Å²) in [5, 5.41) is 38.6. The van der Waals surface area contributed by atoms with Gasteiger partial charge in [0.25, 0.3) is 0 Å². The molecule has 12 aromatic carbocycles. The molecular formula is C80H52F3N7. The van der Waals surface area contributed by atoms with E-state index in [1.807, 2.05) is 115 Å². The van der Waals surface area contributed by atoms with Crippen LogP contribution in [0.3, 0.4) is 0 Å². The van der Waals surface area contributed by atoms with Crippen LogP contribution < -0.4 is 0 Å². The molecule has 4 aromatic heterocycles. The van der Waals surface area contributed by atoms with Crippen LogP contribution in [0, 0.1) is 61.7 Å². The summed E-state index contributed by atoms with van der Waals surface area (Å²) in [6.45, 7) is 8.33. The van der Waals surface area contributed by atoms with E-state index in [2.05, 4.69) is 149 Å². The van der Waals surface area contributed by atoms with Crippen LogP contribution in [0.25, 0.3) is 132 Å². The zero-order valence-electron chi connectivity index (χ0n) is 49.4. The Morgan fingerprint density at radius 2 is 0.600 bits per heavy atom. The largest absolute Gasteiger partial charge is 0.417 e. The predicted molar refractivity (Wildman–Crippen MR) is 359 cm³/mol. The summed E-state index contributed by atoms with van der Waals surface area (Å²) >= 11 is 0. The Bertz CT molecular complexity index is 5830. The predicted octanol–water partition coefficient (Wildman–Crippen LogP) is 21.0. The number of aryl methyl sites for hydroxylation is 4. The Balaban J connectivity index is 0.000000150. The molecule has 0 radical (unpaired) electrons. The molecule has 0 aliphatic heterocycles. The molecule has 4 heterocycles. The molecule has 0 atom stereocenters. The molecule has 90 heavy (non-hydrogen) atoms. The second-order valence-electron chi connectivity index (χ2n) is 23.1. The van der Waals surface area contributed by atoms with Gasteiger partial charge in [0, 0.05) is 48.7 Å². The number of rotatable bonds is 6. The van der Waals surface area contributed by atoms with Crippen LogP contribution >= 0.6 is 0 Å². The summed E-state index contributed by atoms with van der Waals surface area (Å²) in [6, 6.07) is 85.7. The first-order valence-corrected chi connectivity index (χ1v) is 29.7. The van der Waals surface area contributed by atoms with Crippen LogP contribution in [0.1, 0.15) is 44.5 Å². The van der Waals surface area contributed by atoms with Gasteiger partial charge >= 0.3 is 6.18 Å². The molecule has 16 aromatic rings. The Hall–Kier alpha value is -11.9. The highest BCUT2D eigenvalue weighted by molar-refractivity contribution is 6.15. The van der Waals surface area contributed by atoms with Crippen molar-refractivity contribution in [1.82, 2.24) is 18.3 Å². The monoisotopic (exact) mass is 1170 g/mol. The lowest BCUT2D eigenvalue weighted by Gasteiger charge is -2.23. The van der Waals surface area contributed by atoms with E-state index in [-0.39, 0.29) is 5.56 Å². The summed E-state index contributed by atoms with van der Waals surface area (Å²) < 4.78 is 54.4. The van der Waals surface area contributed by atoms with Gasteiger partial charge in [-0.05, 0) is 139 Å². The lowest BCUT2D eigenvalue weighted by molar-refractivity contribution is -0.137. The number of hydrogen-bond acceptors (Lipinski definition) is 3. The summed E-state index contributed by atoms with van der Waals surface area (Å²) in [7, 11) is 0. The first-order valence-electron chi connectivity index (χ1n) is 29.7. The van der Waals surface area contributed by atoms with Crippen molar-refractivity contribution >= 4 is 87.2 Å². The van der Waals surface area contributed by atoms with Crippen LogP contribution in [0.5, 0.6) is 0 Å². The molecule has 0 N–H and O–H groups in total. The van der Waals surface area contributed by atoms with Gasteiger partial charge < -0.3 is 18.3 Å².